The summed E-state index contributed by atoms with van der Waals surface area (Å²) >= 11 is 1.61. The zero-order valence-corrected chi connectivity index (χ0v) is 8.34. The van der Waals surface area contributed by atoms with Crippen LogP contribution in [0.1, 0.15) is 22.9 Å². The van der Waals surface area contributed by atoms with Crippen molar-refractivity contribution in [1.82, 2.24) is 15.5 Å². The Balaban J connectivity index is 2.15. The summed E-state index contributed by atoms with van der Waals surface area (Å²) < 4.78 is 0. The second-order valence-electron chi connectivity index (χ2n) is 3.22. The number of aliphatic hydroxyl groups is 1. The number of aromatic nitrogens is 2. The van der Waals surface area contributed by atoms with E-state index in [-0.39, 0.29) is 12.0 Å². The Morgan fingerprint density at radius 2 is 2.38 bits per heavy atom. The van der Waals surface area contributed by atoms with E-state index in [1.807, 2.05) is 0 Å². The highest BCUT2D eigenvalue weighted by molar-refractivity contribution is 7.11. The number of aryl methyl sites for hydroxylation is 1. The van der Waals surface area contributed by atoms with Crippen LogP contribution in [0.4, 0.5) is 0 Å². The first-order valence-corrected chi connectivity index (χ1v) is 5.34. The lowest BCUT2D eigenvalue weighted by Gasteiger charge is -2.07. The van der Waals surface area contributed by atoms with Crippen molar-refractivity contribution in [3.8, 4) is 0 Å². The fourth-order valence-electron chi connectivity index (χ4n) is 1.48. The third-order valence-corrected chi connectivity index (χ3v) is 3.48. The molecule has 72 valence electrons. The highest BCUT2D eigenvalue weighted by Crippen LogP contribution is 2.25. The van der Waals surface area contributed by atoms with Gasteiger partial charge in [-0.15, -0.1) is 21.5 Å². The van der Waals surface area contributed by atoms with Gasteiger partial charge in [0.05, 0.1) is 12.0 Å². The van der Waals surface area contributed by atoms with Gasteiger partial charge in [-0.2, -0.15) is 0 Å². The van der Waals surface area contributed by atoms with E-state index in [0.717, 1.165) is 23.0 Å². The van der Waals surface area contributed by atoms with Crippen LogP contribution in [0, 0.1) is 0 Å². The predicted molar refractivity (Wildman–Crippen MR) is 50.9 cm³/mol. The largest absolute Gasteiger partial charge is 0.391 e. The van der Waals surface area contributed by atoms with Crippen molar-refractivity contribution in [2.75, 3.05) is 13.1 Å². The van der Waals surface area contributed by atoms with Gasteiger partial charge in [-0.05, 0) is 6.42 Å². The average molecular weight is 199 g/mol. The maximum Gasteiger partial charge on any atom is 0.124 e. The van der Waals surface area contributed by atoms with Crippen molar-refractivity contribution in [2.45, 2.75) is 25.4 Å². The molecular formula is C8H13N3OS. The van der Waals surface area contributed by atoms with E-state index < -0.39 is 0 Å². The summed E-state index contributed by atoms with van der Waals surface area (Å²) in [5.41, 5.74) is 0. The molecule has 1 saturated heterocycles. The van der Waals surface area contributed by atoms with Crippen LogP contribution < -0.4 is 5.32 Å². The Morgan fingerprint density at radius 3 is 2.92 bits per heavy atom. The minimum Gasteiger partial charge on any atom is -0.391 e. The van der Waals surface area contributed by atoms with Gasteiger partial charge >= 0.3 is 0 Å². The Hall–Kier alpha value is -0.520. The van der Waals surface area contributed by atoms with Gasteiger partial charge in [0.1, 0.15) is 10.0 Å². The molecule has 5 heteroatoms. The van der Waals surface area contributed by atoms with Crippen LogP contribution >= 0.6 is 11.3 Å². The van der Waals surface area contributed by atoms with Crippen LogP contribution in [0.5, 0.6) is 0 Å². The lowest BCUT2D eigenvalue weighted by Crippen LogP contribution is -2.15. The lowest BCUT2D eigenvalue weighted by atomic mass is 10.1. The summed E-state index contributed by atoms with van der Waals surface area (Å²) in [7, 11) is 0. The zero-order valence-electron chi connectivity index (χ0n) is 7.53. The molecular weight excluding hydrogens is 186 g/mol. The van der Waals surface area contributed by atoms with E-state index in [1.165, 1.54) is 0 Å². The molecule has 2 rings (SSSR count). The van der Waals surface area contributed by atoms with E-state index >= 15 is 0 Å². The number of β-amino-alcohol motifs (C(OH)–C–C–N with tert-alkyl or cyclic N) is 1. The smallest absolute Gasteiger partial charge is 0.124 e. The monoisotopic (exact) mass is 199 g/mol. The molecule has 0 bridgehead atoms. The van der Waals surface area contributed by atoms with Gasteiger partial charge in [-0.1, -0.05) is 6.92 Å². The molecule has 2 unspecified atom stereocenters. The van der Waals surface area contributed by atoms with E-state index in [2.05, 4.69) is 22.4 Å². The first-order valence-electron chi connectivity index (χ1n) is 4.52. The Bertz CT molecular complexity index is 289. The molecule has 0 radical (unpaired) electrons. The summed E-state index contributed by atoms with van der Waals surface area (Å²) in [4.78, 5) is 0. The molecule has 0 saturated carbocycles. The van der Waals surface area contributed by atoms with Crippen LogP contribution in [-0.4, -0.2) is 34.5 Å². The quantitative estimate of drug-likeness (QED) is 0.712. The first-order chi connectivity index (χ1) is 6.31. The minimum absolute atomic E-state index is 0.151. The summed E-state index contributed by atoms with van der Waals surface area (Å²) in [6.07, 6.45) is 0.631. The van der Waals surface area contributed by atoms with E-state index in [9.17, 15) is 5.11 Å². The van der Waals surface area contributed by atoms with Gasteiger partial charge < -0.3 is 10.4 Å². The van der Waals surface area contributed by atoms with Gasteiger partial charge in [-0.25, -0.2) is 0 Å². The van der Waals surface area contributed by atoms with Crippen molar-refractivity contribution < 1.29 is 5.11 Å². The third-order valence-electron chi connectivity index (χ3n) is 2.28. The van der Waals surface area contributed by atoms with Crippen LogP contribution in [0.15, 0.2) is 0 Å². The fourth-order valence-corrected chi connectivity index (χ4v) is 2.42. The minimum atomic E-state index is -0.294. The fraction of sp³-hybridized carbons (Fsp3) is 0.750. The second kappa shape index (κ2) is 3.69. The topological polar surface area (TPSA) is 58.0 Å². The van der Waals surface area contributed by atoms with Crippen molar-refractivity contribution in [3.05, 3.63) is 10.0 Å². The zero-order chi connectivity index (χ0) is 9.26. The number of aliphatic hydroxyl groups excluding tert-OH is 1. The van der Waals surface area contributed by atoms with Crippen molar-refractivity contribution >= 4 is 11.3 Å². The Labute approximate surface area is 81.0 Å². The summed E-state index contributed by atoms with van der Waals surface area (Å²) in [5, 5.41) is 22.9. The van der Waals surface area contributed by atoms with Crippen LogP contribution in [0.3, 0.4) is 0 Å². The van der Waals surface area contributed by atoms with E-state index in [0.29, 0.717) is 6.54 Å². The van der Waals surface area contributed by atoms with Crippen molar-refractivity contribution in [2.24, 2.45) is 0 Å². The van der Waals surface area contributed by atoms with Gasteiger partial charge in [0.25, 0.3) is 0 Å². The van der Waals surface area contributed by atoms with Crippen LogP contribution in [0.2, 0.25) is 0 Å². The van der Waals surface area contributed by atoms with Crippen LogP contribution in [0.25, 0.3) is 0 Å². The summed E-state index contributed by atoms with van der Waals surface area (Å²) in [6, 6.07) is 0. The second-order valence-corrected chi connectivity index (χ2v) is 4.31. The molecule has 13 heavy (non-hydrogen) atoms. The molecule has 4 nitrogen and oxygen atoms in total. The van der Waals surface area contributed by atoms with E-state index in [4.69, 9.17) is 0 Å². The van der Waals surface area contributed by atoms with Crippen molar-refractivity contribution in [3.63, 3.8) is 0 Å². The molecule has 2 atom stereocenters. The molecule has 1 aliphatic heterocycles. The summed E-state index contributed by atoms with van der Waals surface area (Å²) in [6.45, 7) is 3.55. The van der Waals surface area contributed by atoms with Gasteiger partial charge in [0, 0.05) is 13.1 Å². The number of hydrogen-bond donors (Lipinski definition) is 2. The van der Waals surface area contributed by atoms with Crippen molar-refractivity contribution in [1.29, 1.82) is 0 Å². The molecule has 1 aromatic heterocycles. The highest BCUT2D eigenvalue weighted by Gasteiger charge is 2.29. The molecule has 1 aromatic rings. The molecule has 2 N–H and O–H groups in total. The average Bonchev–Trinajstić information content (AvgIpc) is 2.71. The molecule has 0 amide bonds. The number of nitrogens with zero attached hydrogens (tertiary/aromatic N) is 2. The van der Waals surface area contributed by atoms with Gasteiger partial charge in [0.2, 0.25) is 0 Å². The number of rotatable bonds is 2. The molecule has 0 aromatic carbocycles. The number of nitrogens with one attached hydrogen (secondary N) is 1. The maximum absolute atomic E-state index is 9.60. The molecule has 2 heterocycles. The molecule has 0 spiro atoms. The number of hydrogen-bond acceptors (Lipinski definition) is 5. The maximum atomic E-state index is 9.60. The molecule has 1 aliphatic rings. The Kier molecular flexibility index (Phi) is 2.57. The lowest BCUT2D eigenvalue weighted by molar-refractivity contribution is 0.177. The normalized spacial score (nSPS) is 28.2. The summed E-state index contributed by atoms with van der Waals surface area (Å²) in [5.74, 6) is 0.151. The molecule has 0 aliphatic carbocycles. The van der Waals surface area contributed by atoms with Gasteiger partial charge in [-0.3, -0.25) is 0 Å². The van der Waals surface area contributed by atoms with Crippen LogP contribution in [-0.2, 0) is 6.42 Å². The van der Waals surface area contributed by atoms with Gasteiger partial charge in [0.15, 0.2) is 0 Å². The highest BCUT2D eigenvalue weighted by atomic mass is 32.1. The Morgan fingerprint density at radius 1 is 1.54 bits per heavy atom. The molecule has 1 fully saturated rings. The third kappa shape index (κ3) is 1.72. The first kappa shape index (κ1) is 9.05. The SMILES string of the molecule is CCc1nnc(C2CNCC2O)s1. The predicted octanol–water partition coefficient (Wildman–Crippen LogP) is 0.148. The van der Waals surface area contributed by atoms with E-state index in [1.54, 1.807) is 11.3 Å². The standard InChI is InChI=1S/C8H13N3OS/c1-2-7-10-11-8(13-7)5-3-9-4-6(5)12/h5-6,9,12H,2-4H2,1H3.